The zero-order valence-corrected chi connectivity index (χ0v) is 16.9. The number of nitriles is 1. The summed E-state index contributed by atoms with van der Waals surface area (Å²) in [4.78, 5) is 0. The van der Waals surface area contributed by atoms with E-state index in [1.54, 1.807) is 14.2 Å². The molecule has 0 saturated carbocycles. The quantitative estimate of drug-likeness (QED) is 0.607. The van der Waals surface area contributed by atoms with E-state index < -0.39 is 5.92 Å². The van der Waals surface area contributed by atoms with Crippen LogP contribution in [0.4, 0.5) is 0 Å². The molecule has 1 aliphatic heterocycles. The monoisotopic (exact) mass is 436 g/mol. The first kappa shape index (κ1) is 18.3. The maximum atomic E-state index is 9.80. The van der Waals surface area contributed by atoms with Gasteiger partial charge in [0.1, 0.15) is 27.6 Å². The molecule has 2 atom stereocenters. The summed E-state index contributed by atoms with van der Waals surface area (Å²) in [7, 11) is 3.16. The molecule has 6 heteroatoms. The zero-order chi connectivity index (χ0) is 19.8. The van der Waals surface area contributed by atoms with Crippen molar-refractivity contribution in [2.75, 3.05) is 14.2 Å². The van der Waals surface area contributed by atoms with Gasteiger partial charge in [0.2, 0.25) is 5.90 Å². The molecule has 3 aromatic carbocycles. The van der Waals surface area contributed by atoms with Gasteiger partial charge in [-0.25, -0.2) is 0 Å². The zero-order valence-electron chi connectivity index (χ0n) is 15.3. The van der Waals surface area contributed by atoms with Crippen molar-refractivity contribution in [2.45, 2.75) is 5.92 Å². The number of benzene rings is 3. The smallest absolute Gasteiger partial charge is 0.205 e. The third-order valence-corrected chi connectivity index (χ3v) is 5.82. The van der Waals surface area contributed by atoms with E-state index in [4.69, 9.17) is 19.6 Å². The first-order valence-electron chi connectivity index (χ1n) is 8.68. The number of fused-ring (bicyclic) bond motifs is 3. The van der Waals surface area contributed by atoms with E-state index in [2.05, 4.69) is 22.0 Å². The number of methoxy groups -OCH3 is 2. The Balaban J connectivity index is 2.00. The largest absolute Gasteiger partial charge is 0.495 e. The molecule has 5 nitrogen and oxygen atoms in total. The fourth-order valence-corrected chi connectivity index (χ4v) is 4.25. The minimum atomic E-state index is -0.746. The van der Waals surface area contributed by atoms with Gasteiger partial charge in [-0.3, -0.25) is 5.41 Å². The number of hydrogen-bond donors (Lipinski definition) is 1. The highest BCUT2D eigenvalue weighted by molar-refractivity contribution is 9.10. The lowest BCUT2D eigenvalue weighted by Crippen LogP contribution is -2.31. The van der Waals surface area contributed by atoms with Crippen LogP contribution < -0.4 is 14.2 Å². The summed E-state index contributed by atoms with van der Waals surface area (Å²) in [6.07, 6.45) is 0. The minimum absolute atomic E-state index is 0.0581. The Morgan fingerprint density at radius 1 is 1.07 bits per heavy atom. The maximum absolute atomic E-state index is 9.80. The van der Waals surface area contributed by atoms with Gasteiger partial charge in [0, 0.05) is 16.9 Å². The molecule has 0 saturated heterocycles. The van der Waals surface area contributed by atoms with Gasteiger partial charge >= 0.3 is 0 Å². The predicted molar refractivity (Wildman–Crippen MR) is 110 cm³/mol. The van der Waals surface area contributed by atoms with Gasteiger partial charge in [-0.15, -0.1) is 0 Å². The number of hydrogen-bond acceptors (Lipinski definition) is 5. The van der Waals surface area contributed by atoms with E-state index >= 15 is 0 Å². The molecule has 3 aromatic rings. The number of nitrogens with one attached hydrogen (secondary N) is 1. The van der Waals surface area contributed by atoms with Crippen LogP contribution in [0.15, 0.2) is 53.0 Å². The van der Waals surface area contributed by atoms with Crippen molar-refractivity contribution in [2.24, 2.45) is 5.92 Å². The van der Waals surface area contributed by atoms with Crippen LogP contribution in [-0.2, 0) is 0 Å². The molecule has 2 unspecified atom stereocenters. The van der Waals surface area contributed by atoms with E-state index in [9.17, 15) is 5.26 Å². The van der Waals surface area contributed by atoms with Crippen LogP contribution in [0.1, 0.15) is 17.0 Å². The lowest BCUT2D eigenvalue weighted by Gasteiger charge is -2.31. The molecule has 28 heavy (non-hydrogen) atoms. The molecule has 140 valence electrons. The van der Waals surface area contributed by atoms with Gasteiger partial charge in [-0.05, 0) is 39.0 Å². The minimum Gasteiger partial charge on any atom is -0.495 e. The highest BCUT2D eigenvalue weighted by Gasteiger charge is 2.38. The molecule has 0 amide bonds. The lowest BCUT2D eigenvalue weighted by atomic mass is 9.78. The second-order valence-electron chi connectivity index (χ2n) is 6.50. The van der Waals surface area contributed by atoms with Gasteiger partial charge in [-0.1, -0.05) is 36.4 Å². The van der Waals surface area contributed by atoms with Crippen molar-refractivity contribution in [1.82, 2.24) is 0 Å². The van der Waals surface area contributed by atoms with Crippen LogP contribution in [0.25, 0.3) is 10.8 Å². The van der Waals surface area contributed by atoms with Gasteiger partial charge in [0.05, 0.1) is 20.3 Å². The van der Waals surface area contributed by atoms with E-state index in [0.29, 0.717) is 21.7 Å². The predicted octanol–water partition coefficient (Wildman–Crippen LogP) is 5.26. The molecule has 1 aliphatic rings. The van der Waals surface area contributed by atoms with Crippen molar-refractivity contribution in [1.29, 1.82) is 10.7 Å². The Hall–Kier alpha value is -3.04. The second kappa shape index (κ2) is 7.17. The molecular weight excluding hydrogens is 420 g/mol. The van der Waals surface area contributed by atoms with Crippen molar-refractivity contribution in [3.05, 3.63) is 64.1 Å². The van der Waals surface area contributed by atoms with Crippen LogP contribution in [0.2, 0.25) is 0 Å². The van der Waals surface area contributed by atoms with Crippen molar-refractivity contribution < 1.29 is 14.2 Å². The Morgan fingerprint density at radius 3 is 2.39 bits per heavy atom. The molecule has 1 heterocycles. The van der Waals surface area contributed by atoms with Gasteiger partial charge < -0.3 is 14.2 Å². The molecule has 0 fully saturated rings. The molecule has 1 N–H and O–H groups in total. The Kier molecular flexibility index (Phi) is 4.70. The first-order valence-corrected chi connectivity index (χ1v) is 9.47. The van der Waals surface area contributed by atoms with E-state index in [1.165, 1.54) is 0 Å². The SMILES string of the molecule is COc1cc(C2c3ccc4ccccc4c3OC(=N)C2C#N)cc(OC)c1Br. The van der Waals surface area contributed by atoms with Crippen molar-refractivity contribution in [3.8, 4) is 23.3 Å². The highest BCUT2D eigenvalue weighted by Crippen LogP contribution is 2.48. The topological polar surface area (TPSA) is 75.3 Å². The Labute approximate surface area is 171 Å². The average molecular weight is 437 g/mol. The van der Waals surface area contributed by atoms with Gasteiger partial charge in [0.15, 0.2) is 0 Å². The van der Waals surface area contributed by atoms with E-state index in [-0.39, 0.29) is 11.8 Å². The van der Waals surface area contributed by atoms with Gasteiger partial charge in [-0.2, -0.15) is 5.26 Å². The summed E-state index contributed by atoms with van der Waals surface area (Å²) in [6.45, 7) is 0. The molecular formula is C22H17BrN2O3. The van der Waals surface area contributed by atoms with E-state index in [0.717, 1.165) is 21.9 Å². The summed E-state index contributed by atoms with van der Waals surface area (Å²) < 4.78 is 17.5. The summed E-state index contributed by atoms with van der Waals surface area (Å²) in [6, 6.07) is 17.8. The highest BCUT2D eigenvalue weighted by atomic mass is 79.9. The summed E-state index contributed by atoms with van der Waals surface area (Å²) in [5.74, 6) is 0.654. The van der Waals surface area contributed by atoms with Crippen molar-refractivity contribution >= 4 is 32.6 Å². The standard InChI is InChI=1S/C22H17BrN2O3/c1-26-17-9-13(10-18(27-2)20(17)23)19-15-8-7-12-5-3-4-6-14(12)21(15)28-22(25)16(19)11-24/h3-10,16,19,25H,1-2H3. The molecule has 0 aromatic heterocycles. The second-order valence-corrected chi connectivity index (χ2v) is 7.29. The fourth-order valence-electron chi connectivity index (χ4n) is 3.70. The van der Waals surface area contributed by atoms with Gasteiger partial charge in [0.25, 0.3) is 0 Å². The normalized spacial score (nSPS) is 18.1. The summed E-state index contributed by atoms with van der Waals surface area (Å²) in [5.41, 5.74) is 1.70. The Bertz CT molecular complexity index is 1110. The summed E-state index contributed by atoms with van der Waals surface area (Å²) in [5, 5.41) is 20.1. The van der Waals surface area contributed by atoms with Crippen LogP contribution >= 0.6 is 15.9 Å². The number of ether oxygens (including phenoxy) is 3. The molecule has 0 spiro atoms. The first-order chi connectivity index (χ1) is 13.6. The third kappa shape index (κ3) is 2.79. The average Bonchev–Trinajstić information content (AvgIpc) is 2.73. The fraction of sp³-hybridized carbons (Fsp3) is 0.182. The lowest BCUT2D eigenvalue weighted by molar-refractivity contribution is 0.386. The molecule has 4 rings (SSSR count). The molecule has 0 aliphatic carbocycles. The van der Waals surface area contributed by atoms with Crippen LogP contribution in [0.5, 0.6) is 17.2 Å². The number of nitrogens with zero attached hydrogens (tertiary/aromatic N) is 1. The number of halogens is 1. The van der Waals surface area contributed by atoms with Crippen LogP contribution in [-0.4, -0.2) is 20.1 Å². The van der Waals surface area contributed by atoms with E-state index in [1.807, 2.05) is 48.5 Å². The van der Waals surface area contributed by atoms with Crippen LogP contribution in [0.3, 0.4) is 0 Å². The number of rotatable bonds is 3. The third-order valence-electron chi connectivity index (χ3n) is 5.04. The molecule has 0 radical (unpaired) electrons. The van der Waals surface area contributed by atoms with Crippen molar-refractivity contribution in [3.63, 3.8) is 0 Å². The summed E-state index contributed by atoms with van der Waals surface area (Å²) >= 11 is 3.49. The Morgan fingerprint density at radius 2 is 1.75 bits per heavy atom. The molecule has 0 bridgehead atoms. The van der Waals surface area contributed by atoms with Crippen LogP contribution in [0, 0.1) is 22.7 Å². The maximum Gasteiger partial charge on any atom is 0.205 e.